The predicted molar refractivity (Wildman–Crippen MR) is 150 cm³/mol. The van der Waals surface area contributed by atoms with Gasteiger partial charge in [-0.2, -0.15) is 8.88 Å². The van der Waals surface area contributed by atoms with Crippen molar-refractivity contribution in [1.29, 1.82) is 0 Å². The van der Waals surface area contributed by atoms with Crippen LogP contribution in [0.2, 0.25) is 0 Å². The Labute approximate surface area is 267 Å². The van der Waals surface area contributed by atoms with Crippen molar-refractivity contribution in [3.8, 4) is 0 Å². The lowest BCUT2D eigenvalue weighted by molar-refractivity contribution is -0.765. The number of imidazole rings is 1. The number of pyridine rings is 1. The minimum absolute atomic E-state index is 0.00286. The van der Waals surface area contributed by atoms with Crippen LogP contribution < -0.4 is 16.0 Å². The molecule has 0 saturated carbocycles. The van der Waals surface area contributed by atoms with Gasteiger partial charge in [0.15, 0.2) is 36.2 Å². The van der Waals surface area contributed by atoms with Crippen molar-refractivity contribution in [2.24, 2.45) is 5.73 Å². The molecule has 1 amide bonds. The maximum Gasteiger partial charge on any atom is 0.481 e. The Morgan fingerprint density at radius 2 is 1.60 bits per heavy atom. The van der Waals surface area contributed by atoms with Crippen LogP contribution in [0.5, 0.6) is 0 Å². The van der Waals surface area contributed by atoms with E-state index < -0.39 is 91.7 Å². The van der Waals surface area contributed by atoms with Gasteiger partial charge in [0.05, 0.1) is 19.5 Å². The molecule has 264 valence electrons. The zero-order valence-corrected chi connectivity index (χ0v) is 26.6. The summed E-state index contributed by atoms with van der Waals surface area (Å²) in [5, 5.41) is 31.5. The first kappa shape index (κ1) is 36.4. The van der Waals surface area contributed by atoms with E-state index in [1.165, 1.54) is 29.1 Å². The van der Waals surface area contributed by atoms with Crippen molar-refractivity contribution in [1.82, 2.24) is 19.5 Å². The molecule has 24 nitrogen and oxygen atoms in total. The van der Waals surface area contributed by atoms with Crippen molar-refractivity contribution in [2.45, 2.75) is 49.1 Å². The quantitative estimate of drug-likeness (QED) is 0.0626. The highest BCUT2D eigenvalue weighted by atomic mass is 31.3. The number of primary amides is 1. The maximum absolute atomic E-state index is 12.6. The lowest BCUT2D eigenvalue weighted by Crippen LogP contribution is -2.46. The fourth-order valence-corrected chi connectivity index (χ4v) is 7.47. The third-order valence-corrected chi connectivity index (χ3v) is 10.1. The van der Waals surface area contributed by atoms with Gasteiger partial charge in [0.2, 0.25) is 0 Å². The second-order valence-electron chi connectivity index (χ2n) is 10.3. The molecule has 2 saturated heterocycles. The molecule has 2 unspecified atom stereocenters. The van der Waals surface area contributed by atoms with Crippen molar-refractivity contribution in [2.75, 3.05) is 18.9 Å². The summed E-state index contributed by atoms with van der Waals surface area (Å²) in [4.78, 5) is 62.2. The number of ether oxygens (including phenoxy) is 2. The molecule has 0 bridgehead atoms. The summed E-state index contributed by atoms with van der Waals surface area (Å²) in [6.07, 6.45) is -8.39. The highest BCUT2D eigenvalue weighted by Gasteiger charge is 2.51. The predicted octanol–water partition coefficient (Wildman–Crippen LogP) is -2.90. The zero-order chi connectivity index (χ0) is 35.2. The number of carbonyl (C=O) groups is 1. The number of aromatic nitrogens is 5. The number of phosphoric ester groups is 3. The number of amides is 1. The van der Waals surface area contributed by atoms with E-state index in [1.807, 2.05) is 0 Å². The number of aliphatic hydroxyl groups is 3. The molecule has 2 aliphatic rings. The average Bonchev–Trinajstić information content (AvgIpc) is 3.64. The van der Waals surface area contributed by atoms with Gasteiger partial charge in [-0.1, -0.05) is 0 Å². The number of nitrogens with zero attached hydrogens (tertiary/aromatic N) is 5. The zero-order valence-electron chi connectivity index (χ0n) is 23.9. The summed E-state index contributed by atoms with van der Waals surface area (Å²) >= 11 is 0. The first-order valence-electron chi connectivity index (χ1n) is 13.3. The van der Waals surface area contributed by atoms with E-state index >= 15 is 0 Å². The van der Waals surface area contributed by atoms with Crippen LogP contribution in [0.4, 0.5) is 5.82 Å². The van der Waals surface area contributed by atoms with Gasteiger partial charge < -0.3 is 55.8 Å². The molecule has 5 heterocycles. The molecular formula is C21H29N7O17P3+. The average molecular weight is 744 g/mol. The van der Waals surface area contributed by atoms with Crippen molar-refractivity contribution in [3.05, 3.63) is 42.7 Å². The first-order chi connectivity index (χ1) is 22.4. The lowest BCUT2D eigenvalue weighted by atomic mass is 10.1. The Morgan fingerprint density at radius 1 is 0.958 bits per heavy atom. The number of hydrogen-bond donors (Lipinski definition) is 9. The van der Waals surface area contributed by atoms with Crippen molar-refractivity contribution >= 4 is 46.4 Å². The first-order valence-corrected chi connectivity index (χ1v) is 17.9. The molecule has 3 aromatic rings. The summed E-state index contributed by atoms with van der Waals surface area (Å²) in [5.41, 5.74) is 11.1. The Kier molecular flexibility index (Phi) is 10.5. The summed E-state index contributed by atoms with van der Waals surface area (Å²) in [5.74, 6) is -0.848. The van der Waals surface area contributed by atoms with E-state index in [0.717, 1.165) is 17.2 Å². The molecular weight excluding hydrogens is 715 g/mol. The SMILES string of the molecule is NC(=O)c1ccc[n+]([C@@H]2O[C@H](COP(=O)(O)OP(=O)(O)OC[C@H]3O[C@@H](n4cnc5c(N)ncnc54)[C@H](OP(=O)(O)O)[C@H]3O)[C@@H](O)[C@H]2O)c1. The number of aliphatic hydroxyl groups excluding tert-OH is 3. The summed E-state index contributed by atoms with van der Waals surface area (Å²) in [6, 6.07) is 2.79. The second-order valence-corrected chi connectivity index (χ2v) is 14.5. The smallest absolute Gasteiger partial charge is 0.387 e. The van der Waals surface area contributed by atoms with Gasteiger partial charge in [0.25, 0.3) is 12.1 Å². The van der Waals surface area contributed by atoms with Gasteiger partial charge in [-0.3, -0.25) is 22.9 Å². The maximum atomic E-state index is 12.6. The van der Waals surface area contributed by atoms with Gasteiger partial charge in [-0.15, -0.1) is 0 Å². The Hall–Kier alpha value is -2.86. The molecule has 3 aromatic heterocycles. The molecule has 0 radical (unpaired) electrons. The number of anilines is 1. The van der Waals surface area contributed by atoms with Gasteiger partial charge >= 0.3 is 23.5 Å². The number of nitrogen functional groups attached to an aromatic ring is 1. The van der Waals surface area contributed by atoms with Crippen LogP contribution >= 0.6 is 23.5 Å². The monoisotopic (exact) mass is 744 g/mol. The molecule has 5 rings (SSSR count). The number of fused-ring (bicyclic) bond motifs is 1. The number of hydrogen-bond acceptors (Lipinski definition) is 17. The Bertz CT molecular complexity index is 1810. The summed E-state index contributed by atoms with van der Waals surface area (Å²) in [6.45, 7) is -2.03. The highest BCUT2D eigenvalue weighted by molar-refractivity contribution is 7.61. The fourth-order valence-electron chi connectivity index (χ4n) is 4.83. The van der Waals surface area contributed by atoms with E-state index in [1.54, 1.807) is 0 Å². The molecule has 10 atom stereocenters. The van der Waals surface area contributed by atoms with Crippen LogP contribution in [-0.2, 0) is 41.1 Å². The third kappa shape index (κ3) is 8.12. The molecule has 27 heteroatoms. The van der Waals surface area contributed by atoms with Gasteiger partial charge in [-0.25, -0.2) is 28.6 Å². The second kappa shape index (κ2) is 13.8. The molecule has 11 N–H and O–H groups in total. The van der Waals surface area contributed by atoms with Gasteiger partial charge in [-0.05, 0) is 6.07 Å². The molecule has 0 aliphatic carbocycles. The van der Waals surface area contributed by atoms with E-state index in [-0.39, 0.29) is 22.5 Å². The van der Waals surface area contributed by atoms with E-state index in [4.69, 9.17) is 30.0 Å². The Balaban J connectivity index is 1.21. The number of nitrogens with two attached hydrogens (primary N) is 2. The summed E-state index contributed by atoms with van der Waals surface area (Å²) in [7, 11) is -16.3. The van der Waals surface area contributed by atoms with Crippen LogP contribution in [0.1, 0.15) is 22.8 Å². The molecule has 0 aromatic carbocycles. The number of phosphoric acid groups is 3. The van der Waals surface area contributed by atoms with Crippen LogP contribution in [0.25, 0.3) is 11.2 Å². The molecule has 2 aliphatic heterocycles. The van der Waals surface area contributed by atoms with Crippen LogP contribution in [0.3, 0.4) is 0 Å². The largest absolute Gasteiger partial charge is 0.481 e. The third-order valence-electron chi connectivity index (χ3n) is 6.98. The molecule has 48 heavy (non-hydrogen) atoms. The normalized spacial score (nSPS) is 30.3. The number of rotatable bonds is 13. The molecule has 0 spiro atoms. The summed E-state index contributed by atoms with van der Waals surface area (Å²) < 4.78 is 68.4. The van der Waals surface area contributed by atoms with Crippen LogP contribution in [0, 0.1) is 0 Å². The standard InChI is InChI=1S/C21H28N7O17P3/c22-17-12-19(25-7-24-17)28(8-26-12)21-16(44-46(33,34)35)14(30)11(43-21)6-41-48(38,39)45-47(36,37)40-5-10-13(29)15(31)20(42-10)27-3-1-2-9(4-27)18(23)32/h1-4,7-8,10-11,13-16,20-21,29-31H,5-6H2,(H7-,22,23,24,25,32,33,34,35,36,37,38,39)/p+1/t10-,11-,13-,14+,15-,16-,20-,21-/m1/s1. The number of carbonyl (C=O) groups excluding carboxylic acids is 1. The Morgan fingerprint density at radius 3 is 2.23 bits per heavy atom. The van der Waals surface area contributed by atoms with Crippen molar-refractivity contribution in [3.63, 3.8) is 0 Å². The topological polar surface area (TPSA) is 365 Å². The lowest BCUT2D eigenvalue weighted by Gasteiger charge is -2.22. The van der Waals surface area contributed by atoms with Crippen LogP contribution in [0.15, 0.2) is 37.2 Å². The fraction of sp³-hybridized carbons (Fsp3) is 0.476. The van der Waals surface area contributed by atoms with E-state index in [2.05, 4.69) is 23.8 Å². The van der Waals surface area contributed by atoms with Gasteiger partial charge in [0.1, 0.15) is 47.9 Å². The van der Waals surface area contributed by atoms with Crippen LogP contribution in [-0.4, -0.2) is 110 Å². The van der Waals surface area contributed by atoms with E-state index in [0.29, 0.717) is 0 Å². The minimum atomic E-state index is -5.52. The highest BCUT2D eigenvalue weighted by Crippen LogP contribution is 2.61. The minimum Gasteiger partial charge on any atom is -0.387 e. The van der Waals surface area contributed by atoms with E-state index in [9.17, 15) is 53.4 Å². The van der Waals surface area contributed by atoms with Gasteiger partial charge in [0, 0.05) is 6.07 Å². The van der Waals surface area contributed by atoms with Crippen molar-refractivity contribution < 1.29 is 85.3 Å². The molecule has 2 fully saturated rings.